The number of hydrazine groups is 1. The number of benzene rings is 3. The molecule has 0 fully saturated rings. The van der Waals surface area contributed by atoms with E-state index in [0.29, 0.717) is 0 Å². The van der Waals surface area contributed by atoms with E-state index in [1.807, 2.05) is 17.1 Å². The van der Waals surface area contributed by atoms with Crippen LogP contribution in [0.1, 0.15) is 16.7 Å². The predicted octanol–water partition coefficient (Wildman–Crippen LogP) is 4.93. The predicted molar refractivity (Wildman–Crippen MR) is 112 cm³/mol. The number of rotatable bonds is 0. The van der Waals surface area contributed by atoms with Crippen LogP contribution in [0.3, 0.4) is 0 Å². The summed E-state index contributed by atoms with van der Waals surface area (Å²) in [5, 5.41) is 1.92. The van der Waals surface area contributed by atoms with E-state index in [1.54, 1.807) is 0 Å². The second-order valence-corrected chi connectivity index (χ2v) is 7.61. The third-order valence-corrected chi connectivity index (χ3v) is 6.38. The van der Waals surface area contributed by atoms with E-state index in [4.69, 9.17) is 10.6 Å². The fourth-order valence-electron chi connectivity index (χ4n) is 5.31. The molecule has 0 amide bonds. The second kappa shape index (κ2) is 5.60. The van der Waals surface area contributed by atoms with Gasteiger partial charge in [0.1, 0.15) is 11.5 Å². The van der Waals surface area contributed by atoms with E-state index in [9.17, 15) is 0 Å². The van der Waals surface area contributed by atoms with Gasteiger partial charge in [-0.25, -0.2) is 5.84 Å². The Bertz CT molecular complexity index is 1100. The highest BCUT2D eigenvalue weighted by Gasteiger charge is 2.55. The highest BCUT2D eigenvalue weighted by Crippen LogP contribution is 2.60. The minimum atomic E-state index is -0.357. The number of fused-ring (bicyclic) bond motifs is 8. The van der Waals surface area contributed by atoms with Crippen LogP contribution in [-0.2, 0) is 5.41 Å². The minimum absolute atomic E-state index is 0.0686. The third kappa shape index (κ3) is 1.82. The molecule has 6 rings (SSSR count). The van der Waals surface area contributed by atoms with Crippen molar-refractivity contribution in [2.24, 2.45) is 11.8 Å². The summed E-state index contributed by atoms with van der Waals surface area (Å²) in [4.78, 5) is 0. The molecule has 2 N–H and O–H groups in total. The zero-order valence-electron chi connectivity index (χ0n) is 15.3. The number of hydrogen-bond donors (Lipinski definition) is 1. The van der Waals surface area contributed by atoms with Gasteiger partial charge in [0.15, 0.2) is 0 Å². The zero-order chi connectivity index (χ0) is 18.7. The molecule has 2 atom stereocenters. The van der Waals surface area contributed by atoms with Gasteiger partial charge in [-0.15, -0.1) is 0 Å². The summed E-state index contributed by atoms with van der Waals surface area (Å²) in [5.41, 5.74) is 4.33. The molecule has 1 spiro atoms. The van der Waals surface area contributed by atoms with Crippen molar-refractivity contribution in [1.82, 2.24) is 0 Å². The largest absolute Gasteiger partial charge is 0.457 e. The number of ether oxygens (including phenoxy) is 1. The molecule has 136 valence electrons. The zero-order valence-corrected chi connectivity index (χ0v) is 15.3. The first kappa shape index (κ1) is 15.7. The van der Waals surface area contributed by atoms with Crippen LogP contribution in [0.2, 0.25) is 0 Å². The Morgan fingerprint density at radius 3 is 2.00 bits per heavy atom. The van der Waals surface area contributed by atoms with Crippen LogP contribution >= 0.6 is 0 Å². The molecule has 3 aromatic carbocycles. The summed E-state index contributed by atoms with van der Waals surface area (Å²) >= 11 is 0. The van der Waals surface area contributed by atoms with Gasteiger partial charge in [0, 0.05) is 17.0 Å². The van der Waals surface area contributed by atoms with Crippen LogP contribution in [0.5, 0.6) is 11.5 Å². The highest BCUT2D eigenvalue weighted by atomic mass is 16.5. The van der Waals surface area contributed by atoms with Crippen molar-refractivity contribution in [3.05, 3.63) is 114 Å². The first-order valence-electron chi connectivity index (χ1n) is 9.67. The molecular formula is C25H20N2O. The molecule has 3 heteroatoms. The van der Waals surface area contributed by atoms with E-state index in [-0.39, 0.29) is 17.4 Å². The van der Waals surface area contributed by atoms with E-state index in [0.717, 1.165) is 17.2 Å². The van der Waals surface area contributed by atoms with Crippen LogP contribution in [0.15, 0.2) is 97.1 Å². The van der Waals surface area contributed by atoms with Gasteiger partial charge >= 0.3 is 0 Å². The first-order chi connectivity index (χ1) is 13.8. The molecule has 3 aliphatic rings. The van der Waals surface area contributed by atoms with Crippen LogP contribution in [0.4, 0.5) is 5.69 Å². The highest BCUT2D eigenvalue weighted by molar-refractivity contribution is 5.74. The van der Waals surface area contributed by atoms with E-state index >= 15 is 0 Å². The van der Waals surface area contributed by atoms with Crippen molar-refractivity contribution in [2.45, 2.75) is 11.5 Å². The van der Waals surface area contributed by atoms with Gasteiger partial charge in [0.25, 0.3) is 0 Å². The molecule has 3 nitrogen and oxygen atoms in total. The van der Waals surface area contributed by atoms with Gasteiger partial charge in [-0.3, -0.25) is 0 Å². The van der Waals surface area contributed by atoms with E-state index in [2.05, 4.69) is 85.0 Å². The Morgan fingerprint density at radius 2 is 1.29 bits per heavy atom. The Balaban J connectivity index is 1.80. The van der Waals surface area contributed by atoms with Crippen LogP contribution in [-0.4, -0.2) is 6.04 Å². The van der Waals surface area contributed by atoms with Crippen molar-refractivity contribution in [1.29, 1.82) is 0 Å². The Kier molecular flexibility index (Phi) is 3.15. The van der Waals surface area contributed by atoms with Gasteiger partial charge in [-0.05, 0) is 23.8 Å². The van der Waals surface area contributed by atoms with Gasteiger partial charge in [-0.1, -0.05) is 78.9 Å². The molecule has 0 saturated heterocycles. The Hall–Kier alpha value is -3.30. The van der Waals surface area contributed by atoms with Crippen molar-refractivity contribution in [3.63, 3.8) is 0 Å². The van der Waals surface area contributed by atoms with Gasteiger partial charge < -0.3 is 9.75 Å². The summed E-state index contributed by atoms with van der Waals surface area (Å²) in [6.45, 7) is 0. The van der Waals surface area contributed by atoms with E-state index < -0.39 is 0 Å². The summed E-state index contributed by atoms with van der Waals surface area (Å²) in [6.07, 6.45) is 8.76. The molecule has 0 radical (unpaired) electrons. The topological polar surface area (TPSA) is 38.5 Å². The average Bonchev–Trinajstić information content (AvgIpc) is 2.77. The van der Waals surface area contributed by atoms with Crippen molar-refractivity contribution >= 4 is 5.69 Å². The minimum Gasteiger partial charge on any atom is -0.457 e. The molecule has 2 unspecified atom stereocenters. The Morgan fingerprint density at radius 1 is 0.714 bits per heavy atom. The SMILES string of the molecule is NN1c2ccccc2C2(c3ccccc3Oc3ccccc32)C2C=CC=CC21. The van der Waals surface area contributed by atoms with Gasteiger partial charge in [0.05, 0.1) is 17.1 Å². The number of para-hydroxylation sites is 3. The fraction of sp³-hybridized carbons (Fsp3) is 0.120. The average molecular weight is 364 g/mol. The molecule has 1 aliphatic carbocycles. The monoisotopic (exact) mass is 364 g/mol. The fourth-order valence-corrected chi connectivity index (χ4v) is 5.31. The molecule has 2 heterocycles. The lowest BCUT2D eigenvalue weighted by atomic mass is 9.56. The van der Waals surface area contributed by atoms with Crippen molar-refractivity contribution < 1.29 is 4.74 Å². The number of allylic oxidation sites excluding steroid dienone is 2. The molecule has 3 aromatic rings. The van der Waals surface area contributed by atoms with Crippen molar-refractivity contribution in [2.75, 3.05) is 5.01 Å². The summed E-state index contributed by atoms with van der Waals surface area (Å²) < 4.78 is 6.34. The quantitative estimate of drug-likeness (QED) is 0.575. The molecule has 0 bridgehead atoms. The lowest BCUT2D eigenvalue weighted by Gasteiger charge is -2.54. The second-order valence-electron chi connectivity index (χ2n) is 7.61. The third-order valence-electron chi connectivity index (χ3n) is 6.38. The maximum Gasteiger partial charge on any atom is 0.131 e. The molecule has 2 aliphatic heterocycles. The van der Waals surface area contributed by atoms with E-state index in [1.165, 1.54) is 16.7 Å². The van der Waals surface area contributed by atoms with Crippen LogP contribution in [0, 0.1) is 5.92 Å². The summed E-state index contributed by atoms with van der Waals surface area (Å²) in [5.74, 6) is 8.64. The number of anilines is 1. The molecule has 0 aromatic heterocycles. The first-order valence-corrected chi connectivity index (χ1v) is 9.67. The molecule has 28 heavy (non-hydrogen) atoms. The maximum atomic E-state index is 6.65. The lowest BCUT2D eigenvalue weighted by molar-refractivity contribution is 0.328. The summed E-state index contributed by atoms with van der Waals surface area (Å²) in [6, 6.07) is 25.4. The normalized spacial score (nSPS) is 22.7. The molecule has 0 saturated carbocycles. The molecular weight excluding hydrogens is 344 g/mol. The number of hydrogen-bond acceptors (Lipinski definition) is 3. The number of nitrogens with zero attached hydrogens (tertiary/aromatic N) is 1. The van der Waals surface area contributed by atoms with Gasteiger partial charge in [0.2, 0.25) is 0 Å². The maximum absolute atomic E-state index is 6.65. The number of nitrogens with two attached hydrogens (primary N) is 1. The van der Waals surface area contributed by atoms with Crippen LogP contribution < -0.4 is 15.6 Å². The standard InChI is InChI=1S/C25H20N2O/c26-27-21-13-5-1-9-17(21)25(18-10-2-6-14-22(18)27)19-11-3-7-15-23(19)28-24-16-8-4-12-20(24)25/h1-17,21H,26H2. The lowest BCUT2D eigenvalue weighted by Crippen LogP contribution is -2.58. The van der Waals surface area contributed by atoms with Crippen molar-refractivity contribution in [3.8, 4) is 11.5 Å². The van der Waals surface area contributed by atoms with Crippen LogP contribution in [0.25, 0.3) is 0 Å². The summed E-state index contributed by atoms with van der Waals surface area (Å²) in [7, 11) is 0. The van der Waals surface area contributed by atoms with Gasteiger partial charge in [-0.2, -0.15) is 0 Å². The smallest absolute Gasteiger partial charge is 0.131 e. The Labute approximate surface area is 164 Å².